The van der Waals surface area contributed by atoms with Crippen molar-refractivity contribution in [1.82, 2.24) is 4.83 Å². The zero-order valence-corrected chi connectivity index (χ0v) is 18.8. The fourth-order valence-corrected chi connectivity index (χ4v) is 3.80. The van der Waals surface area contributed by atoms with Crippen LogP contribution in [-0.4, -0.2) is 20.6 Å². The van der Waals surface area contributed by atoms with Crippen LogP contribution >= 0.6 is 27.5 Å². The van der Waals surface area contributed by atoms with Crippen molar-refractivity contribution in [3.63, 3.8) is 0 Å². The quantitative estimate of drug-likeness (QED) is 0.222. The predicted molar refractivity (Wildman–Crippen MR) is 120 cm³/mol. The van der Waals surface area contributed by atoms with E-state index in [9.17, 15) is 13.2 Å². The number of rotatable bonds is 6. The summed E-state index contributed by atoms with van der Waals surface area (Å²) in [5.74, 6) is -0.285. The van der Waals surface area contributed by atoms with Crippen LogP contribution in [0.1, 0.15) is 21.5 Å². The van der Waals surface area contributed by atoms with E-state index in [4.69, 9.17) is 16.3 Å². The molecule has 0 spiro atoms. The summed E-state index contributed by atoms with van der Waals surface area (Å²) in [7, 11) is -3.87. The summed E-state index contributed by atoms with van der Waals surface area (Å²) in [6.45, 7) is 1.81. The Bertz CT molecular complexity index is 1210. The number of esters is 1. The molecule has 0 amide bonds. The molecule has 0 saturated heterocycles. The fraction of sp³-hybridized carbons (Fsp3) is 0.0476. The van der Waals surface area contributed by atoms with Crippen molar-refractivity contribution in [2.45, 2.75) is 11.8 Å². The first-order chi connectivity index (χ1) is 14.3. The summed E-state index contributed by atoms with van der Waals surface area (Å²) in [6.07, 6.45) is 1.26. The molecule has 0 atom stereocenters. The highest BCUT2D eigenvalue weighted by Gasteiger charge is 2.15. The normalized spacial score (nSPS) is 11.4. The van der Waals surface area contributed by atoms with Gasteiger partial charge in [0.05, 0.1) is 16.7 Å². The van der Waals surface area contributed by atoms with Gasteiger partial charge >= 0.3 is 5.97 Å². The summed E-state index contributed by atoms with van der Waals surface area (Å²) < 4.78 is 30.9. The van der Waals surface area contributed by atoms with Crippen LogP contribution in [0.3, 0.4) is 0 Å². The van der Waals surface area contributed by atoms with Crippen LogP contribution in [0.4, 0.5) is 0 Å². The summed E-state index contributed by atoms with van der Waals surface area (Å²) in [6, 6.07) is 17.7. The number of ether oxygens (including phenoxy) is 1. The molecule has 0 aliphatic carbocycles. The molecule has 30 heavy (non-hydrogen) atoms. The largest absolute Gasteiger partial charge is 0.422 e. The lowest BCUT2D eigenvalue weighted by molar-refractivity contribution is 0.0733. The van der Waals surface area contributed by atoms with Gasteiger partial charge in [-0.15, -0.1) is 0 Å². The second kappa shape index (κ2) is 9.42. The minimum Gasteiger partial charge on any atom is -0.422 e. The first-order valence-corrected chi connectivity index (χ1v) is 11.3. The van der Waals surface area contributed by atoms with Gasteiger partial charge in [0.25, 0.3) is 10.0 Å². The number of carbonyl (C=O) groups is 1. The Kier molecular flexibility index (Phi) is 6.91. The minimum absolute atomic E-state index is 0.0181. The molecule has 1 N–H and O–H groups in total. The van der Waals surface area contributed by atoms with E-state index in [1.807, 2.05) is 19.1 Å². The molecule has 3 aromatic carbocycles. The first kappa shape index (κ1) is 22.0. The molecule has 3 aromatic rings. The number of hydrogen-bond donors (Lipinski definition) is 1. The highest BCUT2D eigenvalue weighted by Crippen LogP contribution is 2.23. The van der Waals surface area contributed by atoms with E-state index in [-0.39, 0.29) is 10.6 Å². The molecule has 3 rings (SSSR count). The summed E-state index contributed by atoms with van der Waals surface area (Å²) >= 11 is 9.12. The minimum atomic E-state index is -3.87. The van der Waals surface area contributed by atoms with Crippen molar-refractivity contribution < 1.29 is 17.9 Å². The van der Waals surface area contributed by atoms with Crippen LogP contribution in [0.25, 0.3) is 0 Å². The molecule has 0 radical (unpaired) electrons. The average molecular weight is 508 g/mol. The van der Waals surface area contributed by atoms with Gasteiger partial charge in [0.1, 0.15) is 5.75 Å². The second-order valence-corrected chi connectivity index (χ2v) is 9.21. The van der Waals surface area contributed by atoms with Crippen LogP contribution in [-0.2, 0) is 10.0 Å². The summed E-state index contributed by atoms with van der Waals surface area (Å²) in [4.78, 5) is 14.7. The lowest BCUT2D eigenvalue weighted by atomic mass is 10.1. The van der Waals surface area contributed by atoms with Gasteiger partial charge in [-0.25, -0.2) is 9.63 Å². The molecule has 0 unspecified atom stereocenters. The van der Waals surface area contributed by atoms with Gasteiger partial charge in [-0.05, 0) is 61.0 Å². The highest BCUT2D eigenvalue weighted by molar-refractivity contribution is 9.10. The Balaban J connectivity index is 1.81. The van der Waals surface area contributed by atoms with E-state index in [1.54, 1.807) is 30.3 Å². The van der Waals surface area contributed by atoms with Gasteiger partial charge in [-0.2, -0.15) is 13.5 Å². The number of aryl methyl sites for hydroxylation is 1. The van der Waals surface area contributed by atoms with Crippen molar-refractivity contribution in [3.8, 4) is 5.75 Å². The van der Waals surface area contributed by atoms with Crippen LogP contribution in [0, 0.1) is 6.92 Å². The fourth-order valence-electron chi connectivity index (χ4n) is 2.50. The number of hydrazone groups is 1. The molecule has 154 valence electrons. The van der Waals surface area contributed by atoms with Crippen LogP contribution < -0.4 is 9.57 Å². The third-order valence-electron chi connectivity index (χ3n) is 4.04. The van der Waals surface area contributed by atoms with E-state index in [0.717, 1.165) is 5.56 Å². The Morgan fingerprint density at radius 3 is 2.50 bits per heavy atom. The predicted octanol–water partition coefficient (Wildman–Crippen LogP) is 4.94. The van der Waals surface area contributed by atoms with Gasteiger partial charge in [0.15, 0.2) is 0 Å². The monoisotopic (exact) mass is 506 g/mol. The van der Waals surface area contributed by atoms with Crippen molar-refractivity contribution >= 4 is 49.7 Å². The Morgan fingerprint density at radius 2 is 1.80 bits per heavy atom. The van der Waals surface area contributed by atoms with Crippen molar-refractivity contribution in [2.75, 3.05) is 0 Å². The molecular weight excluding hydrogens is 492 g/mol. The van der Waals surface area contributed by atoms with E-state index < -0.39 is 16.0 Å². The molecular formula is C21H16BrClN2O4S. The molecule has 0 bridgehead atoms. The van der Waals surface area contributed by atoms with E-state index in [1.165, 1.54) is 30.5 Å². The topological polar surface area (TPSA) is 84.8 Å². The van der Waals surface area contributed by atoms with Gasteiger partial charge in [0, 0.05) is 15.1 Å². The van der Waals surface area contributed by atoms with Crippen LogP contribution in [0.2, 0.25) is 5.02 Å². The first-order valence-electron chi connectivity index (χ1n) is 8.64. The van der Waals surface area contributed by atoms with Crippen molar-refractivity contribution in [1.29, 1.82) is 0 Å². The van der Waals surface area contributed by atoms with Crippen molar-refractivity contribution in [3.05, 3.63) is 92.9 Å². The molecule has 0 heterocycles. The van der Waals surface area contributed by atoms with E-state index in [2.05, 4.69) is 25.9 Å². The van der Waals surface area contributed by atoms with Gasteiger partial charge in [-0.3, -0.25) is 0 Å². The SMILES string of the molecule is Cc1ccccc1C(=O)Oc1ccc(Br)cc1C=NNS(=O)(=O)c1ccc(Cl)cc1. The molecule has 0 aliphatic heterocycles. The standard InChI is InChI=1S/C21H16BrClN2O4S/c1-14-4-2-3-5-19(14)21(26)29-20-11-6-16(22)12-15(20)13-24-25-30(27,28)18-9-7-17(23)8-10-18/h2-13,25H,1H3. The molecule has 0 aromatic heterocycles. The lowest BCUT2D eigenvalue weighted by Gasteiger charge is -2.09. The van der Waals surface area contributed by atoms with Gasteiger partial charge < -0.3 is 4.74 Å². The Morgan fingerprint density at radius 1 is 1.10 bits per heavy atom. The van der Waals surface area contributed by atoms with Crippen molar-refractivity contribution in [2.24, 2.45) is 5.10 Å². The average Bonchev–Trinajstić information content (AvgIpc) is 2.70. The van der Waals surface area contributed by atoms with Crippen LogP contribution in [0.15, 0.2) is 81.2 Å². The van der Waals surface area contributed by atoms with Gasteiger partial charge in [-0.1, -0.05) is 45.7 Å². The second-order valence-electron chi connectivity index (χ2n) is 6.19. The lowest BCUT2D eigenvalue weighted by Crippen LogP contribution is -2.18. The Hall–Kier alpha value is -2.68. The number of sulfonamides is 1. The third-order valence-corrected chi connectivity index (χ3v) is 6.02. The third kappa shape index (κ3) is 5.47. The number of benzene rings is 3. The molecule has 0 fully saturated rings. The van der Waals surface area contributed by atoms with Gasteiger partial charge in [0.2, 0.25) is 0 Å². The molecule has 9 heteroatoms. The molecule has 0 saturated carbocycles. The molecule has 6 nitrogen and oxygen atoms in total. The maximum atomic E-state index is 12.5. The maximum Gasteiger partial charge on any atom is 0.343 e. The number of nitrogens with one attached hydrogen (secondary N) is 1. The van der Waals surface area contributed by atoms with E-state index >= 15 is 0 Å². The summed E-state index contributed by atoms with van der Waals surface area (Å²) in [5, 5.41) is 4.23. The maximum absolute atomic E-state index is 12.5. The Labute approximate surface area is 187 Å². The smallest absolute Gasteiger partial charge is 0.343 e. The zero-order valence-electron chi connectivity index (χ0n) is 15.7. The number of nitrogens with zero attached hydrogens (tertiary/aromatic N) is 1. The number of hydrogen-bond acceptors (Lipinski definition) is 5. The molecule has 0 aliphatic rings. The van der Waals surface area contributed by atoms with Crippen LogP contribution in [0.5, 0.6) is 5.75 Å². The number of carbonyl (C=O) groups excluding carboxylic acids is 1. The number of halogens is 2. The zero-order chi connectivity index (χ0) is 21.7. The summed E-state index contributed by atoms with van der Waals surface area (Å²) in [5.41, 5.74) is 1.63. The van der Waals surface area contributed by atoms with E-state index in [0.29, 0.717) is 20.6 Å². The highest BCUT2D eigenvalue weighted by atomic mass is 79.9.